The molecule has 0 bridgehead atoms. The van der Waals surface area contributed by atoms with Gasteiger partial charge in [-0.15, -0.1) is 0 Å². The number of unbranched alkanes of at least 4 members (excludes halogenated alkanes) is 1. The van der Waals surface area contributed by atoms with E-state index in [2.05, 4.69) is 29.2 Å². The van der Waals surface area contributed by atoms with Crippen LogP contribution in [0.1, 0.15) is 43.9 Å². The molecular formula is C16H30N4O. The number of methoxy groups -OCH3 is 1. The number of ether oxygens (including phenoxy) is 1. The second-order valence-corrected chi connectivity index (χ2v) is 6.08. The van der Waals surface area contributed by atoms with Crippen LogP contribution in [-0.4, -0.2) is 47.5 Å². The molecule has 1 saturated heterocycles. The highest BCUT2D eigenvalue weighted by Gasteiger charge is 2.21. The highest BCUT2D eigenvalue weighted by molar-refractivity contribution is 5.30. The summed E-state index contributed by atoms with van der Waals surface area (Å²) in [6.45, 7) is 8.69. The predicted molar refractivity (Wildman–Crippen MR) is 85.7 cm³/mol. The van der Waals surface area contributed by atoms with Gasteiger partial charge in [0.25, 0.3) is 0 Å². The van der Waals surface area contributed by atoms with Crippen LogP contribution in [-0.2, 0) is 13.6 Å². The van der Waals surface area contributed by atoms with Crippen molar-refractivity contribution in [2.24, 2.45) is 7.05 Å². The highest BCUT2D eigenvalue weighted by atomic mass is 16.5. The van der Waals surface area contributed by atoms with E-state index in [0.29, 0.717) is 6.04 Å². The fourth-order valence-electron chi connectivity index (χ4n) is 3.18. The third kappa shape index (κ3) is 4.20. The van der Waals surface area contributed by atoms with Crippen LogP contribution in [0.3, 0.4) is 0 Å². The molecule has 2 heterocycles. The largest absolute Gasteiger partial charge is 0.481 e. The normalized spacial score (nSPS) is 18.6. The molecule has 120 valence electrons. The van der Waals surface area contributed by atoms with Gasteiger partial charge in [-0.3, -0.25) is 4.90 Å². The van der Waals surface area contributed by atoms with E-state index in [1.165, 1.54) is 37.8 Å². The van der Waals surface area contributed by atoms with Crippen molar-refractivity contribution < 1.29 is 4.74 Å². The Labute approximate surface area is 128 Å². The van der Waals surface area contributed by atoms with Crippen molar-refractivity contribution >= 4 is 0 Å². The van der Waals surface area contributed by atoms with Crippen molar-refractivity contribution in [3.63, 3.8) is 0 Å². The fourth-order valence-corrected chi connectivity index (χ4v) is 3.18. The lowest BCUT2D eigenvalue weighted by Gasteiger charge is -2.25. The molecular weight excluding hydrogens is 264 g/mol. The van der Waals surface area contributed by atoms with Crippen LogP contribution in [0.25, 0.3) is 0 Å². The van der Waals surface area contributed by atoms with Crippen LogP contribution in [0.4, 0.5) is 0 Å². The number of hydrogen-bond donors (Lipinski definition) is 1. The van der Waals surface area contributed by atoms with Crippen LogP contribution < -0.4 is 10.1 Å². The van der Waals surface area contributed by atoms with E-state index < -0.39 is 0 Å². The predicted octanol–water partition coefficient (Wildman–Crippen LogP) is 2.09. The minimum atomic E-state index is 0.643. The summed E-state index contributed by atoms with van der Waals surface area (Å²) >= 11 is 0. The number of nitrogens with zero attached hydrogens (tertiary/aromatic N) is 3. The molecule has 21 heavy (non-hydrogen) atoms. The van der Waals surface area contributed by atoms with Crippen LogP contribution in [0.2, 0.25) is 0 Å². The van der Waals surface area contributed by atoms with Crippen molar-refractivity contribution in [1.82, 2.24) is 20.0 Å². The van der Waals surface area contributed by atoms with Gasteiger partial charge in [-0.05, 0) is 39.3 Å². The Kier molecular flexibility index (Phi) is 6.06. The molecule has 1 aromatic rings. The first kappa shape index (κ1) is 16.3. The first-order chi connectivity index (χ1) is 10.2. The average molecular weight is 294 g/mol. The maximum atomic E-state index is 5.53. The standard InChI is InChI=1S/C16H30N4O/c1-5-6-10-20(11-14-8-7-9-17-14)12-15-13(2)18-19(3)16(15)21-4/h14,17H,5-12H2,1-4H3. The summed E-state index contributed by atoms with van der Waals surface area (Å²) in [5, 5.41) is 8.10. The van der Waals surface area contributed by atoms with Crippen LogP contribution in [0, 0.1) is 6.92 Å². The van der Waals surface area contributed by atoms with E-state index in [4.69, 9.17) is 4.74 Å². The number of aromatic nitrogens is 2. The van der Waals surface area contributed by atoms with E-state index in [9.17, 15) is 0 Å². The van der Waals surface area contributed by atoms with Gasteiger partial charge in [0.05, 0.1) is 18.4 Å². The number of rotatable bonds is 8. The van der Waals surface area contributed by atoms with Gasteiger partial charge in [0, 0.05) is 26.2 Å². The molecule has 1 N–H and O–H groups in total. The lowest BCUT2D eigenvalue weighted by Crippen LogP contribution is -2.37. The molecule has 2 rings (SSSR count). The molecule has 0 aromatic carbocycles. The maximum Gasteiger partial charge on any atom is 0.216 e. The van der Waals surface area contributed by atoms with Gasteiger partial charge in [-0.1, -0.05) is 13.3 Å². The summed E-state index contributed by atoms with van der Waals surface area (Å²) in [6, 6.07) is 0.643. The molecule has 0 aliphatic carbocycles. The van der Waals surface area contributed by atoms with E-state index in [1.807, 2.05) is 11.7 Å². The number of nitrogens with one attached hydrogen (secondary N) is 1. The summed E-state index contributed by atoms with van der Waals surface area (Å²) in [5.74, 6) is 0.897. The van der Waals surface area contributed by atoms with Crippen molar-refractivity contribution in [3.05, 3.63) is 11.3 Å². The molecule has 1 aliphatic heterocycles. The molecule has 5 heteroatoms. The minimum Gasteiger partial charge on any atom is -0.481 e. The molecule has 1 aromatic heterocycles. The van der Waals surface area contributed by atoms with Crippen LogP contribution >= 0.6 is 0 Å². The molecule has 0 saturated carbocycles. The van der Waals surface area contributed by atoms with Gasteiger partial charge in [0.2, 0.25) is 5.88 Å². The minimum absolute atomic E-state index is 0.643. The Bertz CT molecular complexity index is 438. The molecule has 1 unspecified atom stereocenters. The summed E-state index contributed by atoms with van der Waals surface area (Å²) in [6.07, 6.45) is 5.08. The Morgan fingerprint density at radius 1 is 1.48 bits per heavy atom. The third-order valence-electron chi connectivity index (χ3n) is 4.33. The zero-order valence-electron chi connectivity index (χ0n) is 14.0. The number of hydrogen-bond acceptors (Lipinski definition) is 4. The van der Waals surface area contributed by atoms with E-state index in [0.717, 1.165) is 31.2 Å². The van der Waals surface area contributed by atoms with Crippen molar-refractivity contribution in [3.8, 4) is 5.88 Å². The van der Waals surface area contributed by atoms with Gasteiger partial charge >= 0.3 is 0 Å². The highest BCUT2D eigenvalue weighted by Crippen LogP contribution is 2.23. The monoisotopic (exact) mass is 294 g/mol. The molecule has 0 radical (unpaired) electrons. The topological polar surface area (TPSA) is 42.3 Å². The maximum absolute atomic E-state index is 5.53. The first-order valence-corrected chi connectivity index (χ1v) is 8.17. The van der Waals surface area contributed by atoms with E-state index >= 15 is 0 Å². The third-order valence-corrected chi connectivity index (χ3v) is 4.33. The van der Waals surface area contributed by atoms with Crippen LogP contribution in [0.5, 0.6) is 5.88 Å². The lowest BCUT2D eigenvalue weighted by molar-refractivity contribution is 0.233. The summed E-state index contributed by atoms with van der Waals surface area (Å²) in [7, 11) is 3.68. The quantitative estimate of drug-likeness (QED) is 0.797. The second kappa shape index (κ2) is 7.80. The summed E-state index contributed by atoms with van der Waals surface area (Å²) < 4.78 is 7.37. The second-order valence-electron chi connectivity index (χ2n) is 6.08. The van der Waals surface area contributed by atoms with Gasteiger partial charge in [-0.25, -0.2) is 4.68 Å². The van der Waals surface area contributed by atoms with Gasteiger partial charge < -0.3 is 10.1 Å². The molecule has 1 fully saturated rings. The first-order valence-electron chi connectivity index (χ1n) is 8.17. The zero-order valence-corrected chi connectivity index (χ0v) is 14.0. The lowest BCUT2D eigenvalue weighted by atomic mass is 10.1. The average Bonchev–Trinajstić information content (AvgIpc) is 3.05. The summed E-state index contributed by atoms with van der Waals surface area (Å²) in [4.78, 5) is 2.55. The fraction of sp³-hybridized carbons (Fsp3) is 0.812. The Morgan fingerprint density at radius 3 is 2.90 bits per heavy atom. The Hall–Kier alpha value is -1.07. The van der Waals surface area contributed by atoms with E-state index in [-0.39, 0.29) is 0 Å². The molecule has 0 spiro atoms. The van der Waals surface area contributed by atoms with Crippen molar-refractivity contribution in [2.45, 2.75) is 52.1 Å². The zero-order chi connectivity index (χ0) is 15.2. The van der Waals surface area contributed by atoms with Gasteiger partial charge in [0.15, 0.2) is 0 Å². The van der Waals surface area contributed by atoms with E-state index in [1.54, 1.807) is 7.11 Å². The summed E-state index contributed by atoms with van der Waals surface area (Å²) in [5.41, 5.74) is 2.31. The van der Waals surface area contributed by atoms with Crippen molar-refractivity contribution in [2.75, 3.05) is 26.7 Å². The Balaban J connectivity index is 2.06. The van der Waals surface area contributed by atoms with Gasteiger partial charge in [-0.2, -0.15) is 5.10 Å². The van der Waals surface area contributed by atoms with Gasteiger partial charge in [0.1, 0.15) is 0 Å². The molecule has 0 amide bonds. The SMILES string of the molecule is CCCCN(Cc1c(C)nn(C)c1OC)CC1CCCN1. The molecule has 5 nitrogen and oxygen atoms in total. The van der Waals surface area contributed by atoms with Crippen molar-refractivity contribution in [1.29, 1.82) is 0 Å². The Morgan fingerprint density at radius 2 is 2.29 bits per heavy atom. The molecule has 1 aliphatic rings. The number of aryl methyl sites for hydroxylation is 2. The van der Waals surface area contributed by atoms with Crippen LogP contribution in [0.15, 0.2) is 0 Å². The molecule has 1 atom stereocenters. The smallest absolute Gasteiger partial charge is 0.216 e.